The Kier molecular flexibility index (Phi) is 4.31. The van der Waals surface area contributed by atoms with E-state index >= 15 is 0 Å². The Morgan fingerprint density at radius 1 is 1.61 bits per heavy atom. The van der Waals surface area contributed by atoms with Crippen LogP contribution >= 0.6 is 11.8 Å². The van der Waals surface area contributed by atoms with Crippen LogP contribution in [0.15, 0.2) is 35.7 Å². The molecule has 0 fully saturated rings. The number of amides is 1. The highest BCUT2D eigenvalue weighted by molar-refractivity contribution is 8.00. The van der Waals surface area contributed by atoms with Crippen molar-refractivity contribution in [3.05, 3.63) is 30.9 Å². The van der Waals surface area contributed by atoms with Gasteiger partial charge in [-0.2, -0.15) is 0 Å². The minimum Gasteiger partial charge on any atom is -0.383 e. The summed E-state index contributed by atoms with van der Waals surface area (Å²) in [5.74, 6) is 0.583. The number of benzene rings is 1. The van der Waals surface area contributed by atoms with Gasteiger partial charge in [-0.1, -0.05) is 6.08 Å². The van der Waals surface area contributed by atoms with Crippen LogP contribution in [0.25, 0.3) is 0 Å². The largest absolute Gasteiger partial charge is 0.383 e. The number of anilines is 2. The fourth-order valence-electron chi connectivity index (χ4n) is 1.90. The highest BCUT2D eigenvalue weighted by Crippen LogP contribution is 2.33. The minimum atomic E-state index is 0.0735. The Hall–Kier alpha value is -1.42. The Balaban J connectivity index is 2.04. The van der Waals surface area contributed by atoms with Crippen molar-refractivity contribution in [3.8, 4) is 0 Å². The molecule has 0 unspecified atom stereocenters. The summed E-state index contributed by atoms with van der Waals surface area (Å²) in [7, 11) is 0. The van der Waals surface area contributed by atoms with Crippen LogP contribution in [0.5, 0.6) is 0 Å². The van der Waals surface area contributed by atoms with Crippen LogP contribution < -0.4 is 10.6 Å². The first-order chi connectivity index (χ1) is 8.69. The summed E-state index contributed by atoms with van der Waals surface area (Å²) < 4.78 is 0. The molecule has 0 aliphatic carbocycles. The van der Waals surface area contributed by atoms with Gasteiger partial charge in [-0.3, -0.25) is 4.79 Å². The van der Waals surface area contributed by atoms with E-state index in [1.807, 2.05) is 12.1 Å². The maximum absolute atomic E-state index is 11.3. The molecule has 1 heterocycles. The molecule has 1 amide bonds. The van der Waals surface area contributed by atoms with Gasteiger partial charge < -0.3 is 10.6 Å². The van der Waals surface area contributed by atoms with Crippen LogP contribution in [0.1, 0.15) is 19.8 Å². The van der Waals surface area contributed by atoms with E-state index in [0.29, 0.717) is 11.8 Å². The second-order valence-corrected chi connectivity index (χ2v) is 5.48. The quantitative estimate of drug-likeness (QED) is 0.798. The number of carbonyl (C=O) groups is 1. The molecule has 0 aromatic heterocycles. The first-order valence-electron chi connectivity index (χ1n) is 6.13. The van der Waals surface area contributed by atoms with E-state index < -0.39 is 0 Å². The molecule has 1 aromatic rings. The molecule has 3 nitrogen and oxygen atoms in total. The van der Waals surface area contributed by atoms with E-state index in [1.165, 1.54) is 0 Å². The maximum Gasteiger partial charge on any atom is 0.234 e. The number of fused-ring (bicyclic) bond motifs is 1. The van der Waals surface area contributed by atoms with Gasteiger partial charge in [0, 0.05) is 16.6 Å². The third-order valence-electron chi connectivity index (χ3n) is 2.83. The van der Waals surface area contributed by atoms with Crippen LogP contribution in [-0.4, -0.2) is 17.7 Å². The Morgan fingerprint density at radius 3 is 3.22 bits per heavy atom. The molecule has 0 radical (unpaired) electrons. The summed E-state index contributed by atoms with van der Waals surface area (Å²) in [5.41, 5.74) is 1.96. The number of carbonyl (C=O) groups excluding carboxylic acids is 1. The number of thioether (sulfide) groups is 1. The van der Waals surface area contributed by atoms with Crippen LogP contribution in [0.2, 0.25) is 0 Å². The maximum atomic E-state index is 11.3. The molecular formula is C14H18N2OS. The fraction of sp³-hybridized carbons (Fsp3) is 0.357. The van der Waals surface area contributed by atoms with Crippen molar-refractivity contribution in [2.45, 2.75) is 30.7 Å². The zero-order valence-corrected chi connectivity index (χ0v) is 11.3. The third-order valence-corrected chi connectivity index (χ3v) is 3.90. The molecule has 2 rings (SSSR count). The summed E-state index contributed by atoms with van der Waals surface area (Å²) in [5, 5.41) is 6.33. The molecule has 0 bridgehead atoms. The minimum absolute atomic E-state index is 0.0735. The van der Waals surface area contributed by atoms with Crippen molar-refractivity contribution in [3.63, 3.8) is 0 Å². The van der Waals surface area contributed by atoms with Gasteiger partial charge in [-0.25, -0.2) is 0 Å². The van der Waals surface area contributed by atoms with Gasteiger partial charge in [0.25, 0.3) is 0 Å². The van der Waals surface area contributed by atoms with Gasteiger partial charge in [-0.05, 0) is 38.0 Å². The van der Waals surface area contributed by atoms with Gasteiger partial charge in [0.15, 0.2) is 0 Å². The summed E-state index contributed by atoms with van der Waals surface area (Å²) in [6.07, 6.45) is 4.00. The first kappa shape index (κ1) is 13.0. The highest BCUT2D eigenvalue weighted by atomic mass is 32.2. The summed E-state index contributed by atoms with van der Waals surface area (Å²) in [6.45, 7) is 5.88. The predicted molar refractivity (Wildman–Crippen MR) is 78.3 cm³/mol. The van der Waals surface area contributed by atoms with Crippen molar-refractivity contribution in [1.29, 1.82) is 0 Å². The fourth-order valence-corrected chi connectivity index (χ4v) is 2.69. The normalized spacial score (nSPS) is 15.5. The summed E-state index contributed by atoms with van der Waals surface area (Å²) >= 11 is 1.59. The van der Waals surface area contributed by atoms with Gasteiger partial charge in [0.1, 0.15) is 0 Å². The number of hydrogen-bond acceptors (Lipinski definition) is 3. The molecule has 96 valence electrons. The standard InChI is InChI=1S/C14H18N2OS/c1-3-4-5-10(2)15-11-6-7-13-12(8-11)16-14(17)9-18-13/h3,6-8,10,15H,1,4-5,9H2,2H3,(H,16,17)/t10-/m1/s1. The van der Waals surface area contributed by atoms with Gasteiger partial charge in [-0.15, -0.1) is 18.3 Å². The van der Waals surface area contributed by atoms with E-state index in [-0.39, 0.29) is 5.91 Å². The van der Waals surface area contributed by atoms with E-state index in [0.717, 1.165) is 29.1 Å². The molecule has 18 heavy (non-hydrogen) atoms. The molecule has 1 aliphatic heterocycles. The van der Waals surface area contributed by atoms with Gasteiger partial charge in [0.2, 0.25) is 5.91 Å². The topological polar surface area (TPSA) is 41.1 Å². The van der Waals surface area contributed by atoms with Gasteiger partial charge in [0.05, 0.1) is 11.4 Å². The lowest BCUT2D eigenvalue weighted by atomic mass is 10.1. The molecule has 0 saturated carbocycles. The van der Waals surface area contributed by atoms with Gasteiger partial charge >= 0.3 is 0 Å². The number of nitrogens with one attached hydrogen (secondary N) is 2. The lowest BCUT2D eigenvalue weighted by molar-refractivity contribution is -0.113. The lowest BCUT2D eigenvalue weighted by Crippen LogP contribution is -2.19. The summed E-state index contributed by atoms with van der Waals surface area (Å²) in [4.78, 5) is 12.5. The Labute approximate surface area is 112 Å². The zero-order valence-electron chi connectivity index (χ0n) is 10.5. The molecule has 1 aliphatic rings. The molecular weight excluding hydrogens is 244 g/mol. The monoisotopic (exact) mass is 262 g/mol. The second-order valence-electron chi connectivity index (χ2n) is 4.46. The number of allylic oxidation sites excluding steroid dienone is 1. The summed E-state index contributed by atoms with van der Waals surface area (Å²) in [6, 6.07) is 6.52. The van der Waals surface area contributed by atoms with Crippen LogP contribution in [0, 0.1) is 0 Å². The van der Waals surface area contributed by atoms with Crippen LogP contribution in [0.4, 0.5) is 11.4 Å². The molecule has 0 saturated heterocycles. The second kappa shape index (κ2) is 5.96. The third kappa shape index (κ3) is 3.29. The van der Waals surface area contributed by atoms with Crippen molar-refractivity contribution in [2.24, 2.45) is 0 Å². The van der Waals surface area contributed by atoms with Crippen LogP contribution in [-0.2, 0) is 4.79 Å². The zero-order chi connectivity index (χ0) is 13.0. The predicted octanol–water partition coefficient (Wildman–Crippen LogP) is 3.50. The lowest BCUT2D eigenvalue weighted by Gasteiger charge is -2.19. The Morgan fingerprint density at radius 2 is 2.44 bits per heavy atom. The van der Waals surface area contributed by atoms with Crippen molar-refractivity contribution < 1.29 is 4.79 Å². The van der Waals surface area contributed by atoms with E-state index in [2.05, 4.69) is 36.3 Å². The SMILES string of the molecule is C=CCC[C@@H](C)Nc1ccc2c(c1)NC(=O)CS2. The van der Waals surface area contributed by atoms with Crippen LogP contribution in [0.3, 0.4) is 0 Å². The van der Waals surface area contributed by atoms with Crippen molar-refractivity contribution in [2.75, 3.05) is 16.4 Å². The highest BCUT2D eigenvalue weighted by Gasteiger charge is 2.15. The van der Waals surface area contributed by atoms with E-state index in [1.54, 1.807) is 11.8 Å². The van der Waals surface area contributed by atoms with E-state index in [9.17, 15) is 4.79 Å². The van der Waals surface area contributed by atoms with Crippen molar-refractivity contribution >= 4 is 29.0 Å². The molecule has 2 N–H and O–H groups in total. The average molecular weight is 262 g/mol. The number of rotatable bonds is 5. The van der Waals surface area contributed by atoms with E-state index in [4.69, 9.17) is 0 Å². The molecule has 1 atom stereocenters. The van der Waals surface area contributed by atoms with Crippen molar-refractivity contribution in [1.82, 2.24) is 0 Å². The average Bonchev–Trinajstić information content (AvgIpc) is 2.36. The Bertz CT molecular complexity index is 459. The number of hydrogen-bond donors (Lipinski definition) is 2. The smallest absolute Gasteiger partial charge is 0.234 e. The molecule has 1 aromatic carbocycles. The molecule has 4 heteroatoms. The molecule has 0 spiro atoms. The first-order valence-corrected chi connectivity index (χ1v) is 7.11.